The molecule has 3 rings (SSSR count). The minimum absolute atomic E-state index is 0.150. The number of nitrogens with one attached hydrogen (secondary N) is 1. The first-order valence-corrected chi connectivity index (χ1v) is 8.44. The lowest BCUT2D eigenvalue weighted by Gasteiger charge is -2.03. The van der Waals surface area contributed by atoms with Gasteiger partial charge in [-0.15, -0.1) is 9.52 Å². The Morgan fingerprint density at radius 3 is 3.00 bits per heavy atom. The van der Waals surface area contributed by atoms with Crippen LogP contribution in [-0.4, -0.2) is 22.9 Å². The molecule has 0 spiro atoms. The lowest BCUT2D eigenvalue weighted by atomic mass is 10.0. The van der Waals surface area contributed by atoms with E-state index < -0.39 is 0 Å². The van der Waals surface area contributed by atoms with Crippen LogP contribution in [0.4, 0.5) is 0 Å². The smallest absolute Gasteiger partial charge is 0.259 e. The van der Waals surface area contributed by atoms with E-state index in [1.165, 1.54) is 0 Å². The van der Waals surface area contributed by atoms with Gasteiger partial charge in [0.25, 0.3) is 11.8 Å². The standard InChI is InChI=1S/C13H11NO2S2/c15-12-10-4-1-3-9(11(10)13(16)14-12)5-8-18-7-2-6-17-18/h1-4,7-8H,5-6H2,(H,14,15,16). The molecule has 2 amide bonds. The van der Waals surface area contributed by atoms with E-state index in [1.54, 1.807) is 6.07 Å². The molecule has 0 aliphatic carbocycles. The van der Waals surface area contributed by atoms with Crippen molar-refractivity contribution >= 4 is 37.5 Å². The Bertz CT molecular complexity index is 605. The van der Waals surface area contributed by atoms with Gasteiger partial charge in [0, 0.05) is 5.75 Å². The van der Waals surface area contributed by atoms with Crippen LogP contribution in [0.5, 0.6) is 0 Å². The van der Waals surface area contributed by atoms with Gasteiger partial charge in [0.05, 0.1) is 11.1 Å². The second-order valence-corrected chi connectivity index (χ2v) is 7.67. The molecule has 1 unspecified atom stereocenters. The number of hydrogen-bond acceptors (Lipinski definition) is 3. The summed E-state index contributed by atoms with van der Waals surface area (Å²) in [6, 6.07) is 5.45. The van der Waals surface area contributed by atoms with Crippen LogP contribution < -0.4 is 5.32 Å². The molecule has 1 aromatic carbocycles. The average Bonchev–Trinajstić information content (AvgIpc) is 2.97. The zero-order valence-electron chi connectivity index (χ0n) is 9.51. The SMILES string of the molecule is O=C1NC(=O)c2c(CC=S3C=CCS3)cccc21. The molecule has 2 aliphatic rings. The van der Waals surface area contributed by atoms with Crippen molar-refractivity contribution in [3.05, 3.63) is 46.4 Å². The van der Waals surface area contributed by atoms with Crippen molar-refractivity contribution in [2.24, 2.45) is 0 Å². The predicted molar refractivity (Wildman–Crippen MR) is 77.2 cm³/mol. The molecule has 18 heavy (non-hydrogen) atoms. The minimum atomic E-state index is -0.283. The second kappa shape index (κ2) is 4.74. The molecule has 2 heterocycles. The summed E-state index contributed by atoms with van der Waals surface area (Å²) in [6.07, 6.45) is 2.89. The van der Waals surface area contributed by atoms with Crippen LogP contribution in [0.25, 0.3) is 0 Å². The van der Waals surface area contributed by atoms with Gasteiger partial charge < -0.3 is 0 Å². The molecule has 0 saturated carbocycles. The van der Waals surface area contributed by atoms with Gasteiger partial charge in [-0.25, -0.2) is 0 Å². The zero-order chi connectivity index (χ0) is 12.5. The summed E-state index contributed by atoms with van der Waals surface area (Å²) in [5.74, 6) is 0.511. The third kappa shape index (κ3) is 2.04. The zero-order valence-corrected chi connectivity index (χ0v) is 11.1. The highest BCUT2D eigenvalue weighted by Gasteiger charge is 2.28. The minimum Gasteiger partial charge on any atom is -0.288 e. The Morgan fingerprint density at radius 2 is 2.22 bits per heavy atom. The number of benzene rings is 1. The number of rotatable bonds is 2. The molecular weight excluding hydrogens is 266 g/mol. The van der Waals surface area contributed by atoms with Crippen LogP contribution in [0.15, 0.2) is 29.7 Å². The van der Waals surface area contributed by atoms with Crippen molar-refractivity contribution in [1.82, 2.24) is 5.32 Å². The summed E-state index contributed by atoms with van der Waals surface area (Å²) < 4.78 is 0. The van der Waals surface area contributed by atoms with Gasteiger partial charge in [0.1, 0.15) is 0 Å². The maximum atomic E-state index is 11.7. The first-order chi connectivity index (χ1) is 8.75. The van der Waals surface area contributed by atoms with Crippen LogP contribution in [0, 0.1) is 0 Å². The predicted octanol–water partition coefficient (Wildman–Crippen LogP) is 2.36. The molecule has 0 saturated heterocycles. The Labute approximate surface area is 111 Å². The van der Waals surface area contributed by atoms with Crippen LogP contribution in [0.1, 0.15) is 26.3 Å². The fourth-order valence-electron chi connectivity index (χ4n) is 2.03. The topological polar surface area (TPSA) is 46.2 Å². The monoisotopic (exact) mass is 277 g/mol. The van der Waals surface area contributed by atoms with Gasteiger partial charge >= 0.3 is 0 Å². The number of carbonyl (C=O) groups is 2. The molecule has 1 N–H and O–H groups in total. The molecule has 1 aromatic rings. The summed E-state index contributed by atoms with van der Waals surface area (Å²) >= 11 is 0. The van der Waals surface area contributed by atoms with E-state index in [4.69, 9.17) is 0 Å². The third-order valence-corrected chi connectivity index (χ3v) is 6.37. The normalized spacial score (nSPS) is 21.4. The Morgan fingerprint density at radius 1 is 1.33 bits per heavy atom. The first kappa shape index (κ1) is 11.7. The van der Waals surface area contributed by atoms with E-state index in [2.05, 4.69) is 22.2 Å². The Balaban J connectivity index is 1.94. The number of fused-ring (bicyclic) bond motifs is 1. The van der Waals surface area contributed by atoms with Gasteiger partial charge in [0.2, 0.25) is 0 Å². The van der Waals surface area contributed by atoms with E-state index in [0.717, 1.165) is 17.7 Å². The van der Waals surface area contributed by atoms with Gasteiger partial charge in [-0.2, -0.15) is 0 Å². The lowest BCUT2D eigenvalue weighted by Crippen LogP contribution is -2.20. The number of amides is 2. The fourth-order valence-corrected chi connectivity index (χ4v) is 5.07. The Hall–Kier alpha value is -1.33. The van der Waals surface area contributed by atoms with E-state index >= 15 is 0 Å². The molecule has 3 nitrogen and oxygen atoms in total. The highest BCUT2D eigenvalue weighted by atomic mass is 33.1. The Kier molecular flexibility index (Phi) is 3.09. The van der Waals surface area contributed by atoms with Gasteiger partial charge in [-0.05, 0) is 28.8 Å². The second-order valence-electron chi connectivity index (χ2n) is 3.98. The number of imide groups is 1. The lowest BCUT2D eigenvalue weighted by molar-refractivity contribution is 0.0879. The third-order valence-electron chi connectivity index (χ3n) is 2.85. The molecule has 0 bridgehead atoms. The van der Waals surface area contributed by atoms with Crippen LogP contribution in [0.2, 0.25) is 0 Å². The summed E-state index contributed by atoms with van der Waals surface area (Å²) in [4.78, 5) is 23.3. The summed E-state index contributed by atoms with van der Waals surface area (Å²) in [6.45, 7) is 0. The molecule has 2 aliphatic heterocycles. The summed E-state index contributed by atoms with van der Waals surface area (Å²) in [5, 5.41) is 6.74. The number of hydrogen-bond donors (Lipinski definition) is 1. The van der Waals surface area contributed by atoms with Gasteiger partial charge in [0.15, 0.2) is 0 Å². The first-order valence-electron chi connectivity index (χ1n) is 5.58. The summed E-state index contributed by atoms with van der Waals surface area (Å²) in [5.41, 5.74) is 1.99. The quantitative estimate of drug-likeness (QED) is 0.513. The number of carbonyl (C=O) groups excluding carboxylic acids is 2. The molecule has 92 valence electrons. The largest absolute Gasteiger partial charge is 0.288 e. The van der Waals surface area contributed by atoms with Crippen LogP contribution in [-0.2, 0) is 6.42 Å². The van der Waals surface area contributed by atoms with E-state index in [-0.39, 0.29) is 21.3 Å². The fraction of sp³-hybridized carbons (Fsp3) is 0.154. The van der Waals surface area contributed by atoms with Crippen LogP contribution in [0.3, 0.4) is 0 Å². The van der Waals surface area contributed by atoms with Crippen molar-refractivity contribution in [3.8, 4) is 0 Å². The molecule has 0 fully saturated rings. The van der Waals surface area contributed by atoms with E-state index in [9.17, 15) is 9.59 Å². The van der Waals surface area contributed by atoms with Crippen molar-refractivity contribution < 1.29 is 9.59 Å². The molecule has 5 heteroatoms. The molecule has 0 radical (unpaired) electrons. The van der Waals surface area contributed by atoms with Gasteiger partial charge in [-0.3, -0.25) is 14.9 Å². The van der Waals surface area contributed by atoms with Gasteiger partial charge in [-0.1, -0.05) is 29.0 Å². The average molecular weight is 277 g/mol. The van der Waals surface area contributed by atoms with Crippen molar-refractivity contribution in [2.45, 2.75) is 6.42 Å². The molecular formula is C13H11NO2S2. The maximum Gasteiger partial charge on any atom is 0.259 e. The summed E-state index contributed by atoms with van der Waals surface area (Å²) in [7, 11) is 2.04. The molecule has 0 aromatic heterocycles. The van der Waals surface area contributed by atoms with Crippen molar-refractivity contribution in [2.75, 3.05) is 5.75 Å². The highest BCUT2D eigenvalue weighted by molar-refractivity contribution is 8.85. The molecule has 1 atom stereocenters. The maximum absolute atomic E-state index is 11.7. The van der Waals surface area contributed by atoms with Crippen molar-refractivity contribution in [1.29, 1.82) is 0 Å². The van der Waals surface area contributed by atoms with Crippen molar-refractivity contribution in [3.63, 3.8) is 0 Å². The van der Waals surface area contributed by atoms with E-state index in [0.29, 0.717) is 11.1 Å². The highest BCUT2D eigenvalue weighted by Crippen LogP contribution is 2.37. The van der Waals surface area contributed by atoms with Crippen LogP contribution >= 0.6 is 20.3 Å². The van der Waals surface area contributed by atoms with E-state index in [1.807, 2.05) is 22.9 Å².